The first kappa shape index (κ1) is 19.1. The van der Waals surface area contributed by atoms with E-state index in [0.717, 1.165) is 25.0 Å². The van der Waals surface area contributed by atoms with E-state index in [0.29, 0.717) is 11.7 Å². The van der Waals surface area contributed by atoms with Gasteiger partial charge in [0.2, 0.25) is 0 Å². The summed E-state index contributed by atoms with van der Waals surface area (Å²) in [5, 5.41) is 46.9. The van der Waals surface area contributed by atoms with Crippen LogP contribution in [0.1, 0.15) is 32.1 Å². The third kappa shape index (κ3) is 6.75. The summed E-state index contributed by atoms with van der Waals surface area (Å²) >= 11 is 3.11. The normalized spacial score (nSPS) is 27.0. The van der Waals surface area contributed by atoms with Crippen molar-refractivity contribution in [3.63, 3.8) is 0 Å². The molecule has 0 radical (unpaired) electrons. The van der Waals surface area contributed by atoms with Crippen molar-refractivity contribution in [1.29, 1.82) is 0 Å². The Kier molecular flexibility index (Phi) is 9.00. The number of thioether (sulfide) groups is 2. The maximum absolute atomic E-state index is 10.4. The number of rotatable bonds is 9. The van der Waals surface area contributed by atoms with Gasteiger partial charge in [0.15, 0.2) is 0 Å². The predicted octanol–water partition coefficient (Wildman–Crippen LogP) is 0.271. The number of aliphatic carboxylic acids is 1. The highest BCUT2D eigenvalue weighted by atomic mass is 32.2. The van der Waals surface area contributed by atoms with Gasteiger partial charge < -0.3 is 25.5 Å². The second kappa shape index (κ2) is 9.91. The molecule has 5 N–H and O–H groups in total. The monoisotopic (exact) mass is 340 g/mol. The Hall–Kier alpha value is 0.01000. The first-order valence-corrected chi connectivity index (χ1v) is 9.08. The molecule has 1 aliphatic heterocycles. The number of carbonyl (C=O) groups is 1. The Balaban J connectivity index is 2.35. The molecule has 0 unspecified atom stereocenters. The average molecular weight is 340 g/mol. The molecule has 0 aromatic carbocycles. The summed E-state index contributed by atoms with van der Waals surface area (Å²) in [6.45, 7) is -0.584. The summed E-state index contributed by atoms with van der Waals surface area (Å²) in [5.41, 5.74) is 0. The van der Waals surface area contributed by atoms with E-state index in [4.69, 9.17) is 10.2 Å². The molecule has 1 rings (SSSR count). The lowest BCUT2D eigenvalue weighted by atomic mass is 10.1. The van der Waals surface area contributed by atoms with Crippen LogP contribution in [-0.2, 0) is 4.79 Å². The van der Waals surface area contributed by atoms with E-state index in [1.165, 1.54) is 0 Å². The van der Waals surface area contributed by atoms with Crippen molar-refractivity contribution in [3.05, 3.63) is 0 Å². The summed E-state index contributed by atoms with van der Waals surface area (Å²) < 4.78 is -0.237. The van der Waals surface area contributed by atoms with Gasteiger partial charge in [0.25, 0.3) is 0 Å². The minimum absolute atomic E-state index is 0.180. The molecule has 1 fully saturated rings. The van der Waals surface area contributed by atoms with Gasteiger partial charge in [0.1, 0.15) is 18.3 Å². The van der Waals surface area contributed by atoms with Gasteiger partial charge in [-0.25, -0.2) is 0 Å². The summed E-state index contributed by atoms with van der Waals surface area (Å²) in [6.07, 6.45) is -0.242. The summed E-state index contributed by atoms with van der Waals surface area (Å²) in [4.78, 5) is 10.4. The van der Waals surface area contributed by atoms with Crippen molar-refractivity contribution >= 4 is 29.5 Å². The minimum atomic E-state index is -1.36. The maximum Gasteiger partial charge on any atom is 0.303 e. The zero-order chi connectivity index (χ0) is 15.8. The highest BCUT2D eigenvalue weighted by Crippen LogP contribution is 2.40. The van der Waals surface area contributed by atoms with Crippen molar-refractivity contribution < 1.29 is 30.3 Å². The van der Waals surface area contributed by atoms with Crippen LogP contribution in [0.25, 0.3) is 0 Å². The molecule has 0 amide bonds. The predicted molar refractivity (Wildman–Crippen MR) is 83.5 cm³/mol. The van der Waals surface area contributed by atoms with Crippen LogP contribution in [-0.4, -0.2) is 72.0 Å². The Labute approximate surface area is 132 Å². The molecule has 1 aliphatic rings. The molecule has 0 aromatic rings. The Morgan fingerprint density at radius 2 is 1.95 bits per heavy atom. The van der Waals surface area contributed by atoms with Crippen LogP contribution in [0.2, 0.25) is 0 Å². The number of aliphatic hydroxyl groups excluding tert-OH is 4. The maximum atomic E-state index is 10.4. The van der Waals surface area contributed by atoms with E-state index < -0.39 is 30.9 Å². The summed E-state index contributed by atoms with van der Waals surface area (Å²) in [6, 6.07) is 0. The molecule has 21 heavy (non-hydrogen) atoms. The number of carboxylic acids is 1. The standard InChI is InChI=1S/C13H24O6S2/c14-7-9(15)11(18)12(19)13-20-6-5-8(21-13)3-1-2-4-10(16)17/h8-9,11-15,18-19H,1-7H2,(H,16,17)/t8-,9+,11-,12-,13+/m1/s1. The van der Waals surface area contributed by atoms with Gasteiger partial charge in [-0.3, -0.25) is 4.79 Å². The smallest absolute Gasteiger partial charge is 0.303 e. The molecule has 0 bridgehead atoms. The van der Waals surface area contributed by atoms with E-state index in [1.54, 1.807) is 23.5 Å². The first-order valence-electron chi connectivity index (χ1n) is 7.09. The van der Waals surface area contributed by atoms with E-state index in [9.17, 15) is 20.1 Å². The highest BCUT2D eigenvalue weighted by molar-refractivity contribution is 8.17. The molecule has 1 saturated heterocycles. The van der Waals surface area contributed by atoms with E-state index in [2.05, 4.69) is 0 Å². The second-order valence-electron chi connectivity index (χ2n) is 5.16. The van der Waals surface area contributed by atoms with Gasteiger partial charge in [0, 0.05) is 11.7 Å². The van der Waals surface area contributed by atoms with Gasteiger partial charge in [-0.2, -0.15) is 0 Å². The van der Waals surface area contributed by atoms with Crippen LogP contribution < -0.4 is 0 Å². The second-order valence-corrected chi connectivity index (χ2v) is 8.15. The van der Waals surface area contributed by atoms with Crippen molar-refractivity contribution in [2.75, 3.05) is 12.4 Å². The summed E-state index contributed by atoms with van der Waals surface area (Å²) in [7, 11) is 0. The fourth-order valence-corrected chi connectivity index (χ4v) is 5.64. The molecule has 124 valence electrons. The van der Waals surface area contributed by atoms with Crippen LogP contribution in [0, 0.1) is 0 Å². The zero-order valence-electron chi connectivity index (χ0n) is 11.8. The lowest BCUT2D eigenvalue weighted by molar-refractivity contribution is -0.137. The van der Waals surface area contributed by atoms with E-state index in [1.807, 2.05) is 0 Å². The highest BCUT2D eigenvalue weighted by Gasteiger charge is 2.35. The molecule has 0 spiro atoms. The Bertz CT molecular complexity index is 317. The lowest BCUT2D eigenvalue weighted by Crippen LogP contribution is -2.45. The molecule has 0 aromatic heterocycles. The van der Waals surface area contributed by atoms with Crippen LogP contribution in [0.3, 0.4) is 0 Å². The SMILES string of the molecule is O=C(O)CCCC[C@@H]1CCS[C@H]([C@H](O)[C@H](O)[C@@H](O)CO)S1. The lowest BCUT2D eigenvalue weighted by Gasteiger charge is -2.34. The van der Waals surface area contributed by atoms with E-state index in [-0.39, 0.29) is 11.0 Å². The molecular weight excluding hydrogens is 316 g/mol. The number of hydrogen-bond donors (Lipinski definition) is 5. The molecule has 0 saturated carbocycles. The Morgan fingerprint density at radius 1 is 1.24 bits per heavy atom. The van der Waals surface area contributed by atoms with Crippen molar-refractivity contribution in [2.24, 2.45) is 0 Å². The van der Waals surface area contributed by atoms with Gasteiger partial charge in [0.05, 0.1) is 11.2 Å². The third-order valence-corrected chi connectivity index (χ3v) is 6.65. The van der Waals surface area contributed by atoms with Crippen molar-refractivity contribution in [1.82, 2.24) is 0 Å². The van der Waals surface area contributed by atoms with Gasteiger partial charge in [-0.05, 0) is 25.0 Å². The van der Waals surface area contributed by atoms with Crippen LogP contribution in [0.4, 0.5) is 0 Å². The number of aliphatic hydroxyl groups is 4. The quantitative estimate of drug-likeness (QED) is 0.380. The molecule has 6 nitrogen and oxygen atoms in total. The molecule has 0 aliphatic carbocycles. The number of carboxylic acid groups (broad SMARTS) is 1. The molecule has 5 atom stereocenters. The van der Waals surface area contributed by atoms with Crippen molar-refractivity contribution in [2.45, 2.75) is 60.2 Å². The fraction of sp³-hybridized carbons (Fsp3) is 0.923. The van der Waals surface area contributed by atoms with Gasteiger partial charge in [-0.1, -0.05) is 6.42 Å². The third-order valence-electron chi connectivity index (χ3n) is 3.43. The topological polar surface area (TPSA) is 118 Å². The average Bonchev–Trinajstić information content (AvgIpc) is 2.49. The molecule has 1 heterocycles. The number of unbranched alkanes of at least 4 members (excludes halogenated alkanes) is 1. The van der Waals surface area contributed by atoms with Gasteiger partial charge in [-0.15, -0.1) is 23.5 Å². The zero-order valence-corrected chi connectivity index (χ0v) is 13.4. The fourth-order valence-electron chi connectivity index (χ4n) is 2.15. The minimum Gasteiger partial charge on any atom is -0.481 e. The van der Waals surface area contributed by atoms with Crippen LogP contribution in [0.15, 0.2) is 0 Å². The molecular formula is C13H24O6S2. The van der Waals surface area contributed by atoms with E-state index >= 15 is 0 Å². The first-order chi connectivity index (χ1) is 9.95. The van der Waals surface area contributed by atoms with Crippen molar-refractivity contribution in [3.8, 4) is 0 Å². The van der Waals surface area contributed by atoms with Gasteiger partial charge >= 0.3 is 5.97 Å². The molecule has 8 heteroatoms. The summed E-state index contributed by atoms with van der Waals surface area (Å²) in [5.74, 6) is 0.0801. The Morgan fingerprint density at radius 3 is 2.57 bits per heavy atom. The number of hydrogen-bond acceptors (Lipinski definition) is 7. The largest absolute Gasteiger partial charge is 0.481 e. The van der Waals surface area contributed by atoms with Crippen LogP contribution >= 0.6 is 23.5 Å². The van der Waals surface area contributed by atoms with Crippen LogP contribution in [0.5, 0.6) is 0 Å².